The van der Waals surface area contributed by atoms with Gasteiger partial charge in [0.2, 0.25) is 0 Å². The molecule has 3 aromatic carbocycles. The Morgan fingerprint density at radius 2 is 1.69 bits per heavy atom. The molecule has 1 heterocycles. The first-order valence-electron chi connectivity index (χ1n) is 9.48. The molecule has 0 bridgehead atoms. The summed E-state index contributed by atoms with van der Waals surface area (Å²) in [6, 6.07) is 20.8. The molecule has 148 valence electrons. The first kappa shape index (κ1) is 19.3. The minimum absolute atomic E-state index is 0.00369. The molecule has 1 atom stereocenters. The fourth-order valence-corrected chi connectivity index (χ4v) is 4.15. The number of fused-ring (bicyclic) bond motifs is 1. The number of methoxy groups -OCH3 is 2. The van der Waals surface area contributed by atoms with E-state index in [-0.39, 0.29) is 11.9 Å². The van der Waals surface area contributed by atoms with E-state index in [1.165, 1.54) is 0 Å². The van der Waals surface area contributed by atoms with Crippen molar-refractivity contribution in [2.75, 3.05) is 20.8 Å². The van der Waals surface area contributed by atoms with Gasteiger partial charge in [-0.3, -0.25) is 4.79 Å². The number of hydrogen-bond donors (Lipinski definition) is 0. The van der Waals surface area contributed by atoms with Crippen molar-refractivity contribution in [2.45, 2.75) is 12.5 Å². The molecule has 0 unspecified atom stereocenters. The summed E-state index contributed by atoms with van der Waals surface area (Å²) in [4.78, 5) is 15.3. The van der Waals surface area contributed by atoms with E-state index in [1.807, 2.05) is 71.6 Å². The molecule has 1 amide bonds. The lowest BCUT2D eigenvalue weighted by Crippen LogP contribution is -2.40. The number of rotatable bonds is 4. The monoisotopic (exact) mass is 407 g/mol. The second-order valence-electron chi connectivity index (χ2n) is 6.98. The smallest absolute Gasteiger partial charge is 0.254 e. The van der Waals surface area contributed by atoms with Crippen LogP contribution in [0, 0.1) is 0 Å². The van der Waals surface area contributed by atoms with Gasteiger partial charge >= 0.3 is 0 Å². The second kappa shape index (κ2) is 8.18. The molecular weight excluding hydrogens is 386 g/mol. The molecule has 0 spiro atoms. The Balaban J connectivity index is 1.86. The normalized spacial score (nSPS) is 15.6. The summed E-state index contributed by atoms with van der Waals surface area (Å²) in [5.41, 5.74) is 3.81. The molecule has 0 fully saturated rings. The predicted molar refractivity (Wildman–Crippen MR) is 114 cm³/mol. The van der Waals surface area contributed by atoms with E-state index in [0.29, 0.717) is 28.6 Å². The van der Waals surface area contributed by atoms with Gasteiger partial charge < -0.3 is 14.4 Å². The van der Waals surface area contributed by atoms with Gasteiger partial charge in [0.25, 0.3) is 5.91 Å². The Hall–Kier alpha value is -2.98. The summed E-state index contributed by atoms with van der Waals surface area (Å²) in [6.07, 6.45) is 0.741. The molecule has 1 aliphatic heterocycles. The first-order chi connectivity index (χ1) is 14.1. The minimum Gasteiger partial charge on any atom is -0.493 e. The van der Waals surface area contributed by atoms with Crippen LogP contribution in [0.2, 0.25) is 5.02 Å². The number of amides is 1. The average molecular weight is 408 g/mol. The molecule has 5 heteroatoms. The van der Waals surface area contributed by atoms with Crippen molar-refractivity contribution >= 4 is 17.5 Å². The number of ether oxygens (including phenoxy) is 2. The third-order valence-corrected chi connectivity index (χ3v) is 5.55. The predicted octanol–water partition coefficient (Wildman–Crippen LogP) is 5.15. The molecule has 0 radical (unpaired) electrons. The third-order valence-electron chi connectivity index (χ3n) is 5.32. The zero-order valence-electron chi connectivity index (χ0n) is 16.4. The van der Waals surface area contributed by atoms with Crippen molar-refractivity contribution in [1.82, 2.24) is 4.90 Å². The molecule has 1 aliphatic rings. The molecule has 0 aliphatic carbocycles. The highest BCUT2D eigenvalue weighted by atomic mass is 35.5. The maximum absolute atomic E-state index is 13.4. The van der Waals surface area contributed by atoms with Gasteiger partial charge in [0.1, 0.15) is 0 Å². The van der Waals surface area contributed by atoms with E-state index in [9.17, 15) is 4.79 Å². The number of halogens is 1. The molecular formula is C24H22ClNO3. The Kier molecular flexibility index (Phi) is 5.45. The maximum Gasteiger partial charge on any atom is 0.254 e. The number of nitrogens with zero attached hydrogens (tertiary/aromatic N) is 1. The van der Waals surface area contributed by atoms with E-state index in [1.54, 1.807) is 14.2 Å². The largest absolute Gasteiger partial charge is 0.493 e. The molecule has 0 aromatic heterocycles. The van der Waals surface area contributed by atoms with Gasteiger partial charge in [0.05, 0.1) is 20.3 Å². The van der Waals surface area contributed by atoms with Crippen LogP contribution in [0.5, 0.6) is 11.5 Å². The fraction of sp³-hybridized carbons (Fsp3) is 0.208. The van der Waals surface area contributed by atoms with E-state index >= 15 is 0 Å². The van der Waals surface area contributed by atoms with E-state index in [2.05, 4.69) is 0 Å². The zero-order valence-corrected chi connectivity index (χ0v) is 17.1. The molecule has 0 saturated carbocycles. The quantitative estimate of drug-likeness (QED) is 0.600. The highest BCUT2D eigenvalue weighted by Gasteiger charge is 2.33. The van der Waals surface area contributed by atoms with Crippen LogP contribution in [0.25, 0.3) is 0 Å². The van der Waals surface area contributed by atoms with Crippen LogP contribution in [-0.2, 0) is 6.42 Å². The summed E-state index contributed by atoms with van der Waals surface area (Å²) in [5, 5.41) is 0.641. The SMILES string of the molecule is COc1cc2c(cc1OC)[C@H](c1cccc(Cl)c1)N(C(=O)c1ccccc1)CC2. The average Bonchev–Trinajstić information content (AvgIpc) is 2.77. The van der Waals surface area contributed by atoms with Crippen molar-refractivity contribution in [2.24, 2.45) is 0 Å². The van der Waals surface area contributed by atoms with E-state index in [4.69, 9.17) is 21.1 Å². The molecule has 0 saturated heterocycles. The lowest BCUT2D eigenvalue weighted by Gasteiger charge is -2.38. The Morgan fingerprint density at radius 3 is 2.38 bits per heavy atom. The Bertz CT molecular complexity index is 1040. The summed E-state index contributed by atoms with van der Waals surface area (Å²) >= 11 is 6.29. The maximum atomic E-state index is 13.4. The minimum atomic E-state index is -0.259. The number of carbonyl (C=O) groups excluding carboxylic acids is 1. The van der Waals surface area contributed by atoms with Gasteiger partial charge in [0, 0.05) is 17.1 Å². The van der Waals surface area contributed by atoms with Gasteiger partial charge in [0.15, 0.2) is 11.5 Å². The third kappa shape index (κ3) is 3.68. The number of carbonyl (C=O) groups is 1. The van der Waals surface area contributed by atoms with Crippen molar-refractivity contribution in [3.63, 3.8) is 0 Å². The van der Waals surface area contributed by atoms with E-state index in [0.717, 1.165) is 23.1 Å². The summed E-state index contributed by atoms with van der Waals surface area (Å²) in [7, 11) is 3.25. The number of hydrogen-bond acceptors (Lipinski definition) is 3. The summed E-state index contributed by atoms with van der Waals surface area (Å²) < 4.78 is 11.0. The summed E-state index contributed by atoms with van der Waals surface area (Å²) in [5.74, 6) is 1.34. The Labute approximate surface area is 175 Å². The van der Waals surface area contributed by atoms with Crippen molar-refractivity contribution < 1.29 is 14.3 Å². The van der Waals surface area contributed by atoms with Crippen molar-refractivity contribution in [3.05, 3.63) is 94.0 Å². The first-order valence-corrected chi connectivity index (χ1v) is 9.86. The second-order valence-corrected chi connectivity index (χ2v) is 7.41. The highest BCUT2D eigenvalue weighted by molar-refractivity contribution is 6.30. The van der Waals surface area contributed by atoms with E-state index < -0.39 is 0 Å². The van der Waals surface area contributed by atoms with Crippen LogP contribution < -0.4 is 9.47 Å². The van der Waals surface area contributed by atoms with Crippen LogP contribution in [0.1, 0.15) is 33.1 Å². The molecule has 3 aromatic rings. The van der Waals surface area contributed by atoms with Gasteiger partial charge in [-0.15, -0.1) is 0 Å². The van der Waals surface area contributed by atoms with Gasteiger partial charge in [-0.25, -0.2) is 0 Å². The molecule has 0 N–H and O–H groups in total. The highest BCUT2D eigenvalue weighted by Crippen LogP contribution is 2.41. The van der Waals surface area contributed by atoms with Crippen molar-refractivity contribution in [3.8, 4) is 11.5 Å². The number of benzene rings is 3. The van der Waals surface area contributed by atoms with Crippen LogP contribution in [0.4, 0.5) is 0 Å². The molecule has 4 nitrogen and oxygen atoms in total. The molecule has 29 heavy (non-hydrogen) atoms. The van der Waals surface area contributed by atoms with Crippen LogP contribution >= 0.6 is 11.6 Å². The topological polar surface area (TPSA) is 38.8 Å². The van der Waals surface area contributed by atoms with Crippen molar-refractivity contribution in [1.29, 1.82) is 0 Å². The lowest BCUT2D eigenvalue weighted by atomic mass is 9.87. The van der Waals surface area contributed by atoms with Crippen LogP contribution in [0.15, 0.2) is 66.7 Å². The van der Waals surface area contributed by atoms with Gasteiger partial charge in [-0.05, 0) is 59.5 Å². The zero-order chi connectivity index (χ0) is 20.4. The Morgan fingerprint density at radius 1 is 0.966 bits per heavy atom. The standard InChI is InChI=1S/C24H22ClNO3/c1-28-21-14-17-11-12-26(24(27)16-7-4-3-5-8-16)23(20(17)15-22(21)29-2)18-9-6-10-19(25)13-18/h3-10,13-15,23H,11-12H2,1-2H3/t23-/m0/s1. The van der Waals surface area contributed by atoms with Gasteiger partial charge in [-0.1, -0.05) is 41.9 Å². The lowest BCUT2D eigenvalue weighted by molar-refractivity contribution is 0.0694. The van der Waals surface area contributed by atoms with Crippen LogP contribution in [0.3, 0.4) is 0 Å². The fourth-order valence-electron chi connectivity index (χ4n) is 3.95. The van der Waals surface area contributed by atoms with Crippen LogP contribution in [-0.4, -0.2) is 31.6 Å². The summed E-state index contributed by atoms with van der Waals surface area (Å²) in [6.45, 7) is 0.605. The molecule has 4 rings (SSSR count). The van der Waals surface area contributed by atoms with Gasteiger partial charge in [-0.2, -0.15) is 0 Å².